The number of anilines is 2. The van der Waals surface area contributed by atoms with Crippen LogP contribution in [-0.4, -0.2) is 5.84 Å². The minimum Gasteiger partial charge on any atom is -0.398 e. The van der Waals surface area contributed by atoms with Crippen molar-refractivity contribution in [2.75, 3.05) is 11.1 Å². The summed E-state index contributed by atoms with van der Waals surface area (Å²) in [7, 11) is 0. The lowest BCUT2D eigenvalue weighted by Crippen LogP contribution is -2.10. The highest BCUT2D eigenvalue weighted by Gasteiger charge is 2.12. The average molecular weight is 270 g/mol. The van der Waals surface area contributed by atoms with Crippen LogP contribution in [0.1, 0.15) is 6.92 Å². The second-order valence-electron chi connectivity index (χ2n) is 3.72. The van der Waals surface area contributed by atoms with Gasteiger partial charge in [-0.3, -0.25) is 0 Å². The molecule has 1 aliphatic rings. The molecule has 0 fully saturated rings. The second kappa shape index (κ2) is 4.82. The van der Waals surface area contributed by atoms with E-state index < -0.39 is 0 Å². The summed E-state index contributed by atoms with van der Waals surface area (Å²) in [5.41, 5.74) is 8.81. The third-order valence-electron chi connectivity index (χ3n) is 2.66. The van der Waals surface area contributed by atoms with Crippen molar-refractivity contribution in [1.82, 2.24) is 0 Å². The zero-order chi connectivity index (χ0) is 10.4. The first-order valence-corrected chi connectivity index (χ1v) is 4.89. The van der Waals surface area contributed by atoms with E-state index in [1.807, 2.05) is 37.3 Å². The second-order valence-corrected chi connectivity index (χ2v) is 3.72. The molecule has 0 saturated carbocycles. The minimum atomic E-state index is 0. The fraction of sp³-hybridized carbons (Fsp3) is 0.0833. The van der Waals surface area contributed by atoms with Gasteiger partial charge in [0.15, 0.2) is 0 Å². The Bertz CT molecular complexity index is 594. The highest BCUT2D eigenvalue weighted by atomic mass is 35.5. The highest BCUT2D eigenvalue weighted by Crippen LogP contribution is 2.38. The monoisotopic (exact) mass is 269 g/mol. The average Bonchev–Trinajstić information content (AvgIpc) is 2.23. The molecule has 90 valence electrons. The normalized spacial score (nSPS) is 11.9. The molecule has 0 atom stereocenters. The Kier molecular flexibility index (Phi) is 3.86. The summed E-state index contributed by atoms with van der Waals surface area (Å²) < 4.78 is 0. The van der Waals surface area contributed by atoms with Gasteiger partial charge in [-0.1, -0.05) is 12.1 Å². The molecule has 17 heavy (non-hydrogen) atoms. The Balaban J connectivity index is 0.000000722. The van der Waals surface area contributed by atoms with Crippen molar-refractivity contribution in [1.29, 1.82) is 0 Å². The van der Waals surface area contributed by atoms with E-state index in [1.54, 1.807) is 0 Å². The molecule has 3 rings (SSSR count). The largest absolute Gasteiger partial charge is 0.398 e. The summed E-state index contributed by atoms with van der Waals surface area (Å²) in [4.78, 5) is 4.46. The number of rotatable bonds is 0. The van der Waals surface area contributed by atoms with Gasteiger partial charge in [0.1, 0.15) is 5.84 Å². The zero-order valence-electron chi connectivity index (χ0n) is 9.23. The number of benzene rings is 2. The first-order chi connectivity index (χ1) is 7.25. The first-order valence-electron chi connectivity index (χ1n) is 4.89. The quantitative estimate of drug-likeness (QED) is 0.716. The molecular weight excluding hydrogens is 257 g/mol. The van der Waals surface area contributed by atoms with Crippen LogP contribution < -0.4 is 11.1 Å². The van der Waals surface area contributed by atoms with E-state index >= 15 is 0 Å². The maximum atomic E-state index is 5.93. The van der Waals surface area contributed by atoms with Gasteiger partial charge in [-0.25, -0.2) is 4.99 Å². The van der Waals surface area contributed by atoms with Crippen molar-refractivity contribution in [2.24, 2.45) is 4.99 Å². The van der Waals surface area contributed by atoms with Crippen molar-refractivity contribution in [3.05, 3.63) is 30.3 Å². The van der Waals surface area contributed by atoms with Crippen molar-refractivity contribution >= 4 is 58.5 Å². The smallest absolute Gasteiger partial charge is 0.103 e. The first kappa shape index (κ1) is 13.6. The van der Waals surface area contributed by atoms with Gasteiger partial charge in [0.05, 0.1) is 5.69 Å². The van der Waals surface area contributed by atoms with E-state index in [0.717, 1.165) is 33.7 Å². The molecule has 2 aromatic rings. The van der Waals surface area contributed by atoms with Gasteiger partial charge in [0.2, 0.25) is 0 Å². The standard InChI is InChI=1S/C12H11N3.2ClH/c1-7-14-10-4-2-3-8-9(13)5-6-11(15-7)12(8)10;;/h2-6H,13H2,1H3,(H,14,15);2*1H. The van der Waals surface area contributed by atoms with Gasteiger partial charge in [-0.05, 0) is 25.1 Å². The molecule has 0 radical (unpaired) electrons. The molecule has 5 heteroatoms. The number of nitrogens with two attached hydrogens (primary N) is 1. The number of nitrogens with zero attached hydrogens (tertiary/aromatic N) is 1. The lowest BCUT2D eigenvalue weighted by atomic mass is 10.0. The zero-order valence-corrected chi connectivity index (χ0v) is 10.9. The molecule has 3 nitrogen and oxygen atoms in total. The Morgan fingerprint density at radius 2 is 1.88 bits per heavy atom. The number of amidine groups is 1. The Hall–Kier alpha value is -1.45. The third kappa shape index (κ3) is 2.04. The summed E-state index contributed by atoms with van der Waals surface area (Å²) in [6, 6.07) is 9.94. The summed E-state index contributed by atoms with van der Waals surface area (Å²) in [6.45, 7) is 1.96. The molecule has 0 aliphatic carbocycles. The van der Waals surface area contributed by atoms with Gasteiger partial charge < -0.3 is 11.1 Å². The molecule has 3 N–H and O–H groups in total. The third-order valence-corrected chi connectivity index (χ3v) is 2.66. The molecule has 0 bridgehead atoms. The fourth-order valence-corrected chi connectivity index (χ4v) is 2.01. The molecular formula is C12H13Cl2N3. The maximum absolute atomic E-state index is 5.93. The van der Waals surface area contributed by atoms with Gasteiger partial charge in [-0.15, -0.1) is 24.8 Å². The van der Waals surface area contributed by atoms with Gasteiger partial charge >= 0.3 is 0 Å². The van der Waals surface area contributed by atoms with E-state index in [2.05, 4.69) is 10.3 Å². The predicted octanol–water partition coefficient (Wildman–Crippen LogP) is 3.74. The van der Waals surface area contributed by atoms with Crippen LogP contribution in [0.15, 0.2) is 35.3 Å². The summed E-state index contributed by atoms with van der Waals surface area (Å²) >= 11 is 0. The molecule has 0 unspecified atom stereocenters. The summed E-state index contributed by atoms with van der Waals surface area (Å²) in [5.74, 6) is 0.916. The lowest BCUT2D eigenvalue weighted by Gasteiger charge is -2.17. The highest BCUT2D eigenvalue weighted by molar-refractivity contribution is 6.15. The summed E-state index contributed by atoms with van der Waals surface area (Å²) in [6.07, 6.45) is 0. The SMILES string of the molecule is CC1=Nc2ccc(N)c3cccc(c23)N1.Cl.Cl. The van der Waals surface area contributed by atoms with Crippen molar-refractivity contribution in [2.45, 2.75) is 6.92 Å². The Morgan fingerprint density at radius 3 is 2.65 bits per heavy atom. The molecule has 2 aromatic carbocycles. The van der Waals surface area contributed by atoms with E-state index in [0.29, 0.717) is 0 Å². The van der Waals surface area contributed by atoms with Crippen LogP contribution in [0.3, 0.4) is 0 Å². The number of hydrogen-bond acceptors (Lipinski definition) is 3. The number of aliphatic imine (C=N–C) groups is 1. The van der Waals surface area contributed by atoms with E-state index in [9.17, 15) is 0 Å². The molecule has 0 spiro atoms. The maximum Gasteiger partial charge on any atom is 0.103 e. The van der Waals surface area contributed by atoms with Crippen LogP contribution in [0.2, 0.25) is 0 Å². The lowest BCUT2D eigenvalue weighted by molar-refractivity contribution is 1.46. The van der Waals surface area contributed by atoms with Crippen LogP contribution in [0.4, 0.5) is 17.1 Å². The van der Waals surface area contributed by atoms with E-state index in [4.69, 9.17) is 5.73 Å². The Labute approximate surface area is 112 Å². The minimum absolute atomic E-state index is 0. The molecule has 1 heterocycles. The molecule has 1 aliphatic heterocycles. The predicted molar refractivity (Wildman–Crippen MR) is 79.2 cm³/mol. The number of nitrogen functional groups attached to an aromatic ring is 1. The number of halogens is 2. The van der Waals surface area contributed by atoms with Crippen LogP contribution in [0, 0.1) is 0 Å². The van der Waals surface area contributed by atoms with Crippen molar-refractivity contribution < 1.29 is 0 Å². The molecule has 0 amide bonds. The van der Waals surface area contributed by atoms with Gasteiger partial charge in [0, 0.05) is 22.1 Å². The Morgan fingerprint density at radius 1 is 1.12 bits per heavy atom. The van der Waals surface area contributed by atoms with Crippen LogP contribution >= 0.6 is 24.8 Å². The number of hydrogen-bond donors (Lipinski definition) is 2. The summed E-state index contributed by atoms with van der Waals surface area (Å²) in [5, 5.41) is 5.42. The fourth-order valence-electron chi connectivity index (χ4n) is 2.01. The van der Waals surface area contributed by atoms with Crippen LogP contribution in [-0.2, 0) is 0 Å². The van der Waals surface area contributed by atoms with Gasteiger partial charge in [0.25, 0.3) is 0 Å². The van der Waals surface area contributed by atoms with Gasteiger partial charge in [-0.2, -0.15) is 0 Å². The number of nitrogens with one attached hydrogen (secondary N) is 1. The van der Waals surface area contributed by atoms with Crippen LogP contribution in [0.25, 0.3) is 10.8 Å². The molecule has 0 saturated heterocycles. The van der Waals surface area contributed by atoms with E-state index in [-0.39, 0.29) is 24.8 Å². The van der Waals surface area contributed by atoms with Crippen LogP contribution in [0.5, 0.6) is 0 Å². The van der Waals surface area contributed by atoms with Crippen molar-refractivity contribution in [3.8, 4) is 0 Å². The molecule has 0 aromatic heterocycles. The van der Waals surface area contributed by atoms with E-state index in [1.165, 1.54) is 0 Å². The topological polar surface area (TPSA) is 50.4 Å². The van der Waals surface area contributed by atoms with Crippen molar-refractivity contribution in [3.63, 3.8) is 0 Å².